The average molecular weight is 236 g/mol. The SMILES string of the molecule is Cc1cc(CNC2CC(O)C2(C)C)c(C)n1C. The van der Waals surface area contributed by atoms with Crippen LogP contribution in [0.3, 0.4) is 0 Å². The van der Waals surface area contributed by atoms with Gasteiger partial charge in [-0.3, -0.25) is 0 Å². The van der Waals surface area contributed by atoms with Crippen molar-refractivity contribution in [3.8, 4) is 0 Å². The van der Waals surface area contributed by atoms with Crippen molar-refractivity contribution in [1.82, 2.24) is 9.88 Å². The van der Waals surface area contributed by atoms with Crippen molar-refractivity contribution >= 4 is 0 Å². The second-order valence-electron chi connectivity index (χ2n) is 5.96. The van der Waals surface area contributed by atoms with E-state index in [1.54, 1.807) is 0 Å². The van der Waals surface area contributed by atoms with Crippen LogP contribution in [0.4, 0.5) is 0 Å². The van der Waals surface area contributed by atoms with E-state index in [1.807, 2.05) is 0 Å². The van der Waals surface area contributed by atoms with E-state index in [4.69, 9.17) is 0 Å². The minimum Gasteiger partial charge on any atom is -0.392 e. The maximum Gasteiger partial charge on any atom is 0.0621 e. The predicted molar refractivity (Wildman–Crippen MR) is 69.9 cm³/mol. The highest BCUT2D eigenvalue weighted by Crippen LogP contribution is 2.40. The molecular formula is C14H24N2O. The van der Waals surface area contributed by atoms with Gasteiger partial charge in [0.25, 0.3) is 0 Å². The zero-order valence-corrected chi connectivity index (χ0v) is 11.5. The fraction of sp³-hybridized carbons (Fsp3) is 0.714. The number of nitrogens with zero attached hydrogens (tertiary/aromatic N) is 1. The third kappa shape index (κ3) is 2.02. The van der Waals surface area contributed by atoms with Crippen LogP contribution in [0.15, 0.2) is 6.07 Å². The minimum atomic E-state index is -0.154. The molecule has 1 aliphatic rings. The first-order valence-electron chi connectivity index (χ1n) is 6.37. The number of hydrogen-bond acceptors (Lipinski definition) is 2. The van der Waals surface area contributed by atoms with E-state index in [0.29, 0.717) is 6.04 Å². The molecule has 3 nitrogen and oxygen atoms in total. The number of aliphatic hydroxyl groups excluding tert-OH is 1. The molecule has 2 atom stereocenters. The van der Waals surface area contributed by atoms with Gasteiger partial charge in [0.05, 0.1) is 6.10 Å². The third-order valence-electron chi connectivity index (χ3n) is 4.63. The summed E-state index contributed by atoms with van der Waals surface area (Å²) in [5, 5.41) is 13.3. The number of aliphatic hydroxyl groups is 1. The van der Waals surface area contributed by atoms with E-state index in [1.165, 1.54) is 17.0 Å². The van der Waals surface area contributed by atoms with Crippen molar-refractivity contribution in [3.63, 3.8) is 0 Å². The molecule has 2 unspecified atom stereocenters. The van der Waals surface area contributed by atoms with Crippen LogP contribution in [0.25, 0.3) is 0 Å². The molecule has 0 bridgehead atoms. The van der Waals surface area contributed by atoms with Crippen LogP contribution >= 0.6 is 0 Å². The molecule has 0 radical (unpaired) electrons. The summed E-state index contributed by atoms with van der Waals surface area (Å²) in [7, 11) is 2.10. The minimum absolute atomic E-state index is 0.0116. The summed E-state index contributed by atoms with van der Waals surface area (Å²) in [5.74, 6) is 0. The van der Waals surface area contributed by atoms with Gasteiger partial charge in [-0.2, -0.15) is 0 Å². The lowest BCUT2D eigenvalue weighted by atomic mass is 9.64. The van der Waals surface area contributed by atoms with E-state index in [2.05, 4.69) is 50.7 Å². The van der Waals surface area contributed by atoms with Crippen molar-refractivity contribution < 1.29 is 5.11 Å². The molecule has 1 heterocycles. The van der Waals surface area contributed by atoms with Crippen LogP contribution in [-0.2, 0) is 13.6 Å². The molecule has 0 spiro atoms. The lowest BCUT2D eigenvalue weighted by Gasteiger charge is -2.49. The number of aryl methyl sites for hydroxylation is 1. The monoisotopic (exact) mass is 236 g/mol. The van der Waals surface area contributed by atoms with Crippen LogP contribution in [0, 0.1) is 19.3 Å². The van der Waals surface area contributed by atoms with Gasteiger partial charge in [-0.15, -0.1) is 0 Å². The molecule has 2 rings (SSSR count). The molecule has 1 saturated carbocycles. The van der Waals surface area contributed by atoms with Crippen LogP contribution in [-0.4, -0.2) is 21.8 Å². The van der Waals surface area contributed by atoms with Crippen LogP contribution in [0.5, 0.6) is 0 Å². The second kappa shape index (κ2) is 4.14. The first kappa shape index (κ1) is 12.7. The third-order valence-corrected chi connectivity index (χ3v) is 4.63. The zero-order chi connectivity index (χ0) is 12.8. The van der Waals surface area contributed by atoms with Crippen LogP contribution in [0.2, 0.25) is 0 Å². The van der Waals surface area contributed by atoms with E-state index in [9.17, 15) is 5.11 Å². The van der Waals surface area contributed by atoms with Crippen LogP contribution < -0.4 is 5.32 Å². The molecule has 3 heteroatoms. The molecule has 1 aliphatic carbocycles. The summed E-state index contributed by atoms with van der Waals surface area (Å²) in [5.41, 5.74) is 4.00. The lowest BCUT2D eigenvalue weighted by molar-refractivity contribution is -0.0730. The quantitative estimate of drug-likeness (QED) is 0.841. The second-order valence-corrected chi connectivity index (χ2v) is 5.96. The molecule has 96 valence electrons. The molecule has 0 aliphatic heterocycles. The Morgan fingerprint density at radius 3 is 2.53 bits per heavy atom. The van der Waals surface area contributed by atoms with Gasteiger partial charge < -0.3 is 15.0 Å². The van der Waals surface area contributed by atoms with Crippen molar-refractivity contribution in [1.29, 1.82) is 0 Å². The van der Waals surface area contributed by atoms with Gasteiger partial charge in [-0.05, 0) is 31.9 Å². The van der Waals surface area contributed by atoms with Crippen molar-refractivity contribution in [2.75, 3.05) is 0 Å². The van der Waals surface area contributed by atoms with Gasteiger partial charge in [0.15, 0.2) is 0 Å². The summed E-state index contributed by atoms with van der Waals surface area (Å²) in [4.78, 5) is 0. The summed E-state index contributed by atoms with van der Waals surface area (Å²) < 4.78 is 2.22. The van der Waals surface area contributed by atoms with Gasteiger partial charge in [-0.25, -0.2) is 0 Å². The highest BCUT2D eigenvalue weighted by Gasteiger charge is 2.46. The maximum absolute atomic E-state index is 9.70. The number of rotatable bonds is 3. The zero-order valence-electron chi connectivity index (χ0n) is 11.5. The first-order valence-corrected chi connectivity index (χ1v) is 6.37. The van der Waals surface area contributed by atoms with Gasteiger partial charge >= 0.3 is 0 Å². The van der Waals surface area contributed by atoms with Crippen molar-refractivity contribution in [2.24, 2.45) is 12.5 Å². The Hall–Kier alpha value is -0.800. The van der Waals surface area contributed by atoms with E-state index in [0.717, 1.165) is 13.0 Å². The summed E-state index contributed by atoms with van der Waals surface area (Å²) in [6.07, 6.45) is 0.719. The van der Waals surface area contributed by atoms with Gasteiger partial charge in [0.2, 0.25) is 0 Å². The molecule has 1 aromatic heterocycles. The average Bonchev–Trinajstić information content (AvgIpc) is 2.52. The van der Waals surface area contributed by atoms with Gasteiger partial charge in [0.1, 0.15) is 0 Å². The van der Waals surface area contributed by atoms with Crippen molar-refractivity contribution in [3.05, 3.63) is 23.0 Å². The van der Waals surface area contributed by atoms with Crippen LogP contribution in [0.1, 0.15) is 37.2 Å². The highest BCUT2D eigenvalue weighted by molar-refractivity contribution is 5.26. The Morgan fingerprint density at radius 1 is 1.47 bits per heavy atom. The molecule has 0 amide bonds. The Morgan fingerprint density at radius 2 is 2.12 bits per heavy atom. The summed E-state index contributed by atoms with van der Waals surface area (Å²) in [6, 6.07) is 2.67. The van der Waals surface area contributed by atoms with Gasteiger partial charge in [0, 0.05) is 36.4 Å². The Kier molecular flexibility index (Phi) is 3.08. The van der Waals surface area contributed by atoms with E-state index >= 15 is 0 Å². The topological polar surface area (TPSA) is 37.2 Å². The Labute approximate surface area is 104 Å². The molecule has 1 aromatic rings. The number of nitrogens with one attached hydrogen (secondary N) is 1. The standard InChI is InChI=1S/C14H24N2O/c1-9-6-11(10(2)16(9)5)8-15-12-7-13(17)14(12,3)4/h6,12-13,15,17H,7-8H2,1-5H3. The molecule has 0 saturated heterocycles. The Balaban J connectivity index is 1.97. The normalized spacial score (nSPS) is 26.9. The van der Waals surface area contributed by atoms with E-state index in [-0.39, 0.29) is 11.5 Å². The first-order chi connectivity index (χ1) is 7.84. The molecule has 2 N–H and O–H groups in total. The molecule has 0 aromatic carbocycles. The van der Waals surface area contributed by atoms with E-state index < -0.39 is 0 Å². The Bertz CT molecular complexity index is 420. The number of hydrogen-bond donors (Lipinski definition) is 2. The largest absolute Gasteiger partial charge is 0.392 e. The van der Waals surface area contributed by atoms with Crippen molar-refractivity contribution in [2.45, 2.75) is 52.8 Å². The molecule has 17 heavy (non-hydrogen) atoms. The highest BCUT2D eigenvalue weighted by atomic mass is 16.3. The number of aromatic nitrogens is 1. The fourth-order valence-corrected chi connectivity index (χ4v) is 2.59. The molecular weight excluding hydrogens is 212 g/mol. The fourth-order valence-electron chi connectivity index (χ4n) is 2.59. The predicted octanol–water partition coefficient (Wildman–Crippen LogP) is 1.89. The summed E-state index contributed by atoms with van der Waals surface area (Å²) >= 11 is 0. The summed E-state index contributed by atoms with van der Waals surface area (Å²) in [6.45, 7) is 9.44. The maximum atomic E-state index is 9.70. The van der Waals surface area contributed by atoms with Gasteiger partial charge in [-0.1, -0.05) is 13.8 Å². The molecule has 1 fully saturated rings. The lowest BCUT2D eigenvalue weighted by Crippen LogP contribution is -2.59. The smallest absolute Gasteiger partial charge is 0.0621 e.